The molecule has 0 aliphatic heterocycles. The van der Waals surface area contributed by atoms with Crippen molar-refractivity contribution in [2.75, 3.05) is 13.7 Å². The Balaban J connectivity index is 1.90. The SMILES string of the molecule is CCOc1ccc2cc(C(=NC)C(C(=N)C(CC)CC(C)C3CC3)C(N)=O)cnc2c1. The highest BCUT2D eigenvalue weighted by molar-refractivity contribution is 6.26. The van der Waals surface area contributed by atoms with Gasteiger partial charge in [0.1, 0.15) is 11.7 Å². The number of aliphatic imine (C=N–C) groups is 1. The van der Waals surface area contributed by atoms with Gasteiger partial charge in [0.25, 0.3) is 0 Å². The molecular formula is C25H34N4O2. The number of fused-ring (bicyclic) bond motifs is 1. The van der Waals surface area contributed by atoms with Crippen LogP contribution in [0.2, 0.25) is 0 Å². The number of hydrogen-bond acceptors (Lipinski definition) is 5. The number of nitrogens with one attached hydrogen (secondary N) is 1. The maximum atomic E-state index is 12.5. The summed E-state index contributed by atoms with van der Waals surface area (Å²) in [6, 6.07) is 7.70. The van der Waals surface area contributed by atoms with E-state index in [1.54, 1.807) is 13.2 Å². The fraction of sp³-hybridized carbons (Fsp3) is 0.520. The minimum Gasteiger partial charge on any atom is -0.494 e. The highest BCUT2D eigenvalue weighted by Crippen LogP contribution is 2.40. The predicted molar refractivity (Wildman–Crippen MR) is 126 cm³/mol. The first-order valence-electron chi connectivity index (χ1n) is 11.3. The highest BCUT2D eigenvalue weighted by atomic mass is 16.5. The van der Waals surface area contributed by atoms with Crippen LogP contribution in [0.4, 0.5) is 0 Å². The molecule has 3 rings (SSSR count). The third-order valence-corrected chi connectivity index (χ3v) is 6.39. The number of ether oxygens (including phenoxy) is 1. The van der Waals surface area contributed by atoms with Gasteiger partial charge < -0.3 is 15.9 Å². The molecule has 1 saturated carbocycles. The van der Waals surface area contributed by atoms with E-state index in [1.807, 2.05) is 31.2 Å². The molecule has 1 fully saturated rings. The van der Waals surface area contributed by atoms with Crippen molar-refractivity contribution in [1.29, 1.82) is 5.41 Å². The van der Waals surface area contributed by atoms with E-state index in [-0.39, 0.29) is 5.92 Å². The van der Waals surface area contributed by atoms with Crippen LogP contribution in [0.25, 0.3) is 10.9 Å². The summed E-state index contributed by atoms with van der Waals surface area (Å²) >= 11 is 0. The molecule has 1 aromatic carbocycles. The van der Waals surface area contributed by atoms with Crippen LogP contribution in [0.15, 0.2) is 35.5 Å². The fourth-order valence-electron chi connectivity index (χ4n) is 4.41. The van der Waals surface area contributed by atoms with Gasteiger partial charge >= 0.3 is 0 Å². The minimum absolute atomic E-state index is 0.0204. The monoisotopic (exact) mass is 422 g/mol. The van der Waals surface area contributed by atoms with Crippen molar-refractivity contribution in [2.45, 2.75) is 46.5 Å². The minimum atomic E-state index is -0.844. The van der Waals surface area contributed by atoms with E-state index in [9.17, 15) is 4.79 Å². The van der Waals surface area contributed by atoms with Gasteiger partial charge in [-0.2, -0.15) is 0 Å². The Hall–Kier alpha value is -2.76. The molecule has 1 aromatic heterocycles. The van der Waals surface area contributed by atoms with Crippen LogP contribution in [0.5, 0.6) is 5.75 Å². The lowest BCUT2D eigenvalue weighted by Gasteiger charge is -2.26. The maximum Gasteiger partial charge on any atom is 0.232 e. The van der Waals surface area contributed by atoms with Gasteiger partial charge in [0.15, 0.2) is 0 Å². The van der Waals surface area contributed by atoms with Gasteiger partial charge in [-0.15, -0.1) is 0 Å². The molecule has 3 N–H and O–H groups in total. The lowest BCUT2D eigenvalue weighted by Crippen LogP contribution is -2.40. The third kappa shape index (κ3) is 5.30. The van der Waals surface area contributed by atoms with Crippen LogP contribution in [-0.2, 0) is 4.79 Å². The Labute approximate surface area is 184 Å². The number of carbonyl (C=O) groups is 1. The molecule has 0 saturated heterocycles. The van der Waals surface area contributed by atoms with E-state index in [1.165, 1.54) is 12.8 Å². The molecule has 1 heterocycles. The number of aromatic nitrogens is 1. The summed E-state index contributed by atoms with van der Waals surface area (Å²) in [5.74, 6) is 0.736. The largest absolute Gasteiger partial charge is 0.494 e. The van der Waals surface area contributed by atoms with Gasteiger partial charge in [-0.05, 0) is 68.6 Å². The summed E-state index contributed by atoms with van der Waals surface area (Å²) in [6.07, 6.45) is 5.99. The number of rotatable bonds is 11. The maximum absolute atomic E-state index is 12.5. The average molecular weight is 423 g/mol. The molecule has 1 amide bonds. The predicted octanol–water partition coefficient (Wildman–Crippen LogP) is 4.64. The number of nitrogens with two attached hydrogens (primary N) is 1. The summed E-state index contributed by atoms with van der Waals surface area (Å²) in [6.45, 7) is 6.87. The lowest BCUT2D eigenvalue weighted by molar-refractivity contribution is -0.118. The van der Waals surface area contributed by atoms with E-state index >= 15 is 0 Å². The Morgan fingerprint density at radius 1 is 1.32 bits per heavy atom. The van der Waals surface area contributed by atoms with Crippen LogP contribution in [0.1, 0.15) is 52.0 Å². The molecule has 3 unspecified atom stereocenters. The standard InChI is InChI=1S/C25H34N4O2/c1-5-16(11-15(3)17-7-8-17)23(26)22(25(27)30)24(28-4)19-12-18-9-10-20(31-6-2)13-21(18)29-14-19/h9-10,12-17,22,26H,5-8,11H2,1-4H3,(H2,27,30). The first-order chi connectivity index (χ1) is 14.9. The molecule has 0 bridgehead atoms. The molecule has 3 atom stereocenters. The molecular weight excluding hydrogens is 388 g/mol. The number of hydrogen-bond donors (Lipinski definition) is 2. The van der Waals surface area contributed by atoms with Gasteiger partial charge in [0, 0.05) is 36.0 Å². The summed E-state index contributed by atoms with van der Waals surface area (Å²) in [7, 11) is 1.65. The van der Waals surface area contributed by atoms with E-state index in [2.05, 4.69) is 23.8 Å². The van der Waals surface area contributed by atoms with Gasteiger partial charge in [-0.25, -0.2) is 0 Å². The molecule has 166 valence electrons. The quantitative estimate of drug-likeness (QED) is 0.516. The smallest absolute Gasteiger partial charge is 0.232 e. The second kappa shape index (κ2) is 10.0. The van der Waals surface area contributed by atoms with Crippen LogP contribution in [0, 0.1) is 29.1 Å². The lowest BCUT2D eigenvalue weighted by atomic mass is 9.79. The van der Waals surface area contributed by atoms with Crippen LogP contribution < -0.4 is 10.5 Å². The second-order valence-electron chi connectivity index (χ2n) is 8.57. The molecule has 2 aromatic rings. The third-order valence-electron chi connectivity index (χ3n) is 6.39. The van der Waals surface area contributed by atoms with Crippen molar-refractivity contribution in [3.8, 4) is 5.75 Å². The summed E-state index contributed by atoms with van der Waals surface area (Å²) in [4.78, 5) is 21.5. The zero-order chi connectivity index (χ0) is 22.5. The van der Waals surface area contributed by atoms with Crippen LogP contribution >= 0.6 is 0 Å². The first-order valence-corrected chi connectivity index (χ1v) is 11.3. The Morgan fingerprint density at radius 3 is 2.65 bits per heavy atom. The topological polar surface area (TPSA) is 101 Å². The average Bonchev–Trinajstić information content (AvgIpc) is 3.60. The van der Waals surface area contributed by atoms with Gasteiger partial charge in [-0.3, -0.25) is 14.8 Å². The number of nitrogens with zero attached hydrogens (tertiary/aromatic N) is 2. The summed E-state index contributed by atoms with van der Waals surface area (Å²) < 4.78 is 5.55. The zero-order valence-electron chi connectivity index (χ0n) is 19.0. The van der Waals surface area contributed by atoms with Crippen molar-refractivity contribution in [3.63, 3.8) is 0 Å². The number of pyridine rings is 1. The summed E-state index contributed by atoms with van der Waals surface area (Å²) in [5.41, 5.74) is 8.22. The number of amides is 1. The number of carbonyl (C=O) groups excluding carboxylic acids is 1. The Kier molecular flexibility index (Phi) is 7.42. The Morgan fingerprint density at radius 2 is 2.06 bits per heavy atom. The Bertz CT molecular complexity index is 981. The van der Waals surface area contributed by atoms with E-state index in [0.29, 0.717) is 23.9 Å². The van der Waals surface area contributed by atoms with Gasteiger partial charge in [0.05, 0.1) is 17.8 Å². The van der Waals surface area contributed by atoms with Crippen LogP contribution in [0.3, 0.4) is 0 Å². The molecule has 0 spiro atoms. The van der Waals surface area contributed by atoms with Crippen molar-refractivity contribution < 1.29 is 9.53 Å². The second-order valence-corrected chi connectivity index (χ2v) is 8.57. The molecule has 6 nitrogen and oxygen atoms in total. The van der Waals surface area contributed by atoms with Crippen molar-refractivity contribution in [1.82, 2.24) is 4.98 Å². The summed E-state index contributed by atoms with van der Waals surface area (Å²) in [5, 5.41) is 9.81. The van der Waals surface area contributed by atoms with E-state index in [4.69, 9.17) is 15.9 Å². The first kappa shape index (κ1) is 22.9. The zero-order valence-corrected chi connectivity index (χ0v) is 19.0. The van der Waals surface area contributed by atoms with Crippen molar-refractivity contribution in [3.05, 3.63) is 36.0 Å². The van der Waals surface area contributed by atoms with Gasteiger partial charge in [-0.1, -0.05) is 13.8 Å². The number of primary amides is 1. The normalized spacial score (nSPS) is 17.2. The molecule has 1 aliphatic rings. The van der Waals surface area contributed by atoms with E-state index < -0.39 is 11.8 Å². The van der Waals surface area contributed by atoms with E-state index in [0.717, 1.165) is 41.0 Å². The highest BCUT2D eigenvalue weighted by Gasteiger charge is 2.35. The van der Waals surface area contributed by atoms with Crippen LogP contribution in [-0.4, -0.2) is 36.0 Å². The molecule has 31 heavy (non-hydrogen) atoms. The molecule has 0 radical (unpaired) electrons. The molecule has 6 heteroatoms. The molecule has 1 aliphatic carbocycles. The van der Waals surface area contributed by atoms with Crippen molar-refractivity contribution in [2.24, 2.45) is 34.4 Å². The van der Waals surface area contributed by atoms with Gasteiger partial charge in [0.2, 0.25) is 5.91 Å². The fourth-order valence-corrected chi connectivity index (χ4v) is 4.41. The van der Waals surface area contributed by atoms with Crippen molar-refractivity contribution >= 4 is 28.2 Å². The number of benzene rings is 1.